The number of rotatable bonds is 5. The zero-order valence-electron chi connectivity index (χ0n) is 17.2. The second-order valence-corrected chi connectivity index (χ2v) is 9.15. The molecule has 1 aromatic rings. The second kappa shape index (κ2) is 7.62. The monoisotopic (exact) mass is 388 g/mol. The van der Waals surface area contributed by atoms with E-state index in [-0.39, 0.29) is 35.4 Å². The second-order valence-electron chi connectivity index (χ2n) is 9.15. The highest BCUT2D eigenvalue weighted by Gasteiger charge is 2.59. The number of Topliss-reactive ketones (excluding diaryl/α,β-unsaturated/α-hetero) is 1. The van der Waals surface area contributed by atoms with Gasteiger partial charge in [-0.05, 0) is 67.4 Å². The maximum atomic E-state index is 12.6. The standard InChI is InChI=1S/C23H32O5/c1-14(2)23(27)10-9-22(4)12-18(25)15(3)11-20(21(22)23)28-13-19(26)16-5-7-17(24)8-6-16/h5-8,11,14,18,20-21,24-25,27H,9-10,12-13H2,1-4H3/t18?,20-,21+,22+,23+/m0/s1. The first-order chi connectivity index (χ1) is 13.1. The molecule has 1 unspecified atom stereocenters. The number of aromatic hydroxyl groups is 1. The maximum absolute atomic E-state index is 12.6. The molecule has 2 aliphatic rings. The van der Waals surface area contributed by atoms with E-state index in [0.717, 1.165) is 12.0 Å². The van der Waals surface area contributed by atoms with E-state index >= 15 is 0 Å². The molecular weight excluding hydrogens is 356 g/mol. The van der Waals surface area contributed by atoms with Crippen LogP contribution in [-0.4, -0.2) is 45.5 Å². The van der Waals surface area contributed by atoms with Gasteiger partial charge in [0.15, 0.2) is 5.78 Å². The van der Waals surface area contributed by atoms with Gasteiger partial charge in [0.25, 0.3) is 0 Å². The minimum Gasteiger partial charge on any atom is -0.508 e. The zero-order valence-corrected chi connectivity index (χ0v) is 17.2. The van der Waals surface area contributed by atoms with E-state index in [4.69, 9.17) is 4.74 Å². The summed E-state index contributed by atoms with van der Waals surface area (Å²) in [7, 11) is 0. The maximum Gasteiger partial charge on any atom is 0.188 e. The Labute approximate surface area is 167 Å². The Hall–Kier alpha value is -1.69. The highest BCUT2D eigenvalue weighted by Crippen LogP contribution is 2.58. The molecule has 0 bridgehead atoms. The number of carbonyl (C=O) groups excluding carboxylic acids is 1. The largest absolute Gasteiger partial charge is 0.508 e. The van der Waals surface area contributed by atoms with E-state index in [1.165, 1.54) is 12.1 Å². The van der Waals surface area contributed by atoms with Crippen LogP contribution in [0.1, 0.15) is 57.3 Å². The van der Waals surface area contributed by atoms with Crippen molar-refractivity contribution in [3.8, 4) is 5.75 Å². The third-order valence-corrected chi connectivity index (χ3v) is 6.92. The van der Waals surface area contributed by atoms with Gasteiger partial charge in [-0.25, -0.2) is 0 Å². The van der Waals surface area contributed by atoms with Gasteiger partial charge in [-0.15, -0.1) is 0 Å². The van der Waals surface area contributed by atoms with E-state index < -0.39 is 17.8 Å². The van der Waals surface area contributed by atoms with E-state index in [1.807, 2.05) is 26.8 Å². The lowest BCUT2D eigenvalue weighted by atomic mass is 9.67. The Morgan fingerprint density at radius 3 is 2.50 bits per heavy atom. The molecule has 5 heteroatoms. The molecule has 1 aromatic carbocycles. The third-order valence-electron chi connectivity index (χ3n) is 6.92. The number of hydrogen-bond donors (Lipinski definition) is 3. The lowest BCUT2D eigenvalue weighted by molar-refractivity contribution is -0.114. The number of hydrogen-bond acceptors (Lipinski definition) is 5. The van der Waals surface area contributed by atoms with Crippen molar-refractivity contribution in [1.29, 1.82) is 0 Å². The van der Waals surface area contributed by atoms with Gasteiger partial charge < -0.3 is 20.1 Å². The molecule has 2 aliphatic carbocycles. The van der Waals surface area contributed by atoms with Crippen LogP contribution < -0.4 is 0 Å². The summed E-state index contributed by atoms with van der Waals surface area (Å²) in [4.78, 5) is 12.6. The van der Waals surface area contributed by atoms with Crippen LogP contribution in [0.2, 0.25) is 0 Å². The molecule has 1 fully saturated rings. The number of aliphatic hydroxyl groups is 2. The smallest absolute Gasteiger partial charge is 0.188 e. The van der Waals surface area contributed by atoms with Gasteiger partial charge in [0.1, 0.15) is 12.4 Å². The molecule has 0 radical (unpaired) electrons. The van der Waals surface area contributed by atoms with Gasteiger partial charge in [-0.3, -0.25) is 4.79 Å². The van der Waals surface area contributed by atoms with E-state index in [0.29, 0.717) is 18.4 Å². The van der Waals surface area contributed by atoms with Gasteiger partial charge in [0.2, 0.25) is 0 Å². The van der Waals surface area contributed by atoms with Crippen molar-refractivity contribution in [2.75, 3.05) is 6.61 Å². The molecule has 0 amide bonds. The average Bonchev–Trinajstić information content (AvgIpc) is 2.85. The number of phenolic OH excluding ortho intramolecular Hbond substituents is 1. The molecule has 3 rings (SSSR count). The first-order valence-corrected chi connectivity index (χ1v) is 10.1. The number of aliphatic hydroxyl groups excluding tert-OH is 1. The van der Waals surface area contributed by atoms with Crippen molar-refractivity contribution in [2.45, 2.75) is 64.8 Å². The predicted octanol–water partition coefficient (Wildman–Crippen LogP) is 3.47. The summed E-state index contributed by atoms with van der Waals surface area (Å²) in [6.07, 6.45) is 2.94. The van der Waals surface area contributed by atoms with Crippen molar-refractivity contribution < 1.29 is 24.9 Å². The van der Waals surface area contributed by atoms with E-state index in [9.17, 15) is 20.1 Å². The molecule has 0 saturated heterocycles. The first-order valence-electron chi connectivity index (χ1n) is 10.1. The van der Waals surface area contributed by atoms with Crippen LogP contribution in [0.15, 0.2) is 35.9 Å². The Morgan fingerprint density at radius 2 is 1.89 bits per heavy atom. The van der Waals surface area contributed by atoms with Crippen LogP contribution in [0.25, 0.3) is 0 Å². The summed E-state index contributed by atoms with van der Waals surface area (Å²) in [5.74, 6) is -0.219. The lowest BCUT2D eigenvalue weighted by Gasteiger charge is -2.43. The van der Waals surface area contributed by atoms with Gasteiger partial charge in [0.05, 0.1) is 17.8 Å². The van der Waals surface area contributed by atoms with Crippen molar-refractivity contribution in [3.05, 3.63) is 41.5 Å². The quantitative estimate of drug-likeness (QED) is 0.531. The summed E-state index contributed by atoms with van der Waals surface area (Å²) in [5, 5.41) is 31.5. The summed E-state index contributed by atoms with van der Waals surface area (Å²) < 4.78 is 6.09. The van der Waals surface area contributed by atoms with Gasteiger partial charge in [-0.1, -0.05) is 26.8 Å². The average molecular weight is 389 g/mol. The predicted molar refractivity (Wildman–Crippen MR) is 107 cm³/mol. The van der Waals surface area contributed by atoms with Crippen molar-refractivity contribution >= 4 is 5.78 Å². The van der Waals surface area contributed by atoms with Crippen LogP contribution >= 0.6 is 0 Å². The number of phenols is 1. The van der Waals surface area contributed by atoms with Crippen LogP contribution in [0.4, 0.5) is 0 Å². The molecular formula is C23H32O5. The molecule has 5 nitrogen and oxygen atoms in total. The fourth-order valence-corrected chi connectivity index (χ4v) is 5.07. The molecule has 0 spiro atoms. The SMILES string of the molecule is CC1=C[C@H](OCC(=O)c2ccc(O)cc2)[C@@H]2[C@](C)(CC[C@@]2(O)C(C)C)CC1O. The minimum atomic E-state index is -0.901. The Bertz CT molecular complexity index is 753. The molecule has 28 heavy (non-hydrogen) atoms. The highest BCUT2D eigenvalue weighted by molar-refractivity contribution is 5.97. The number of carbonyl (C=O) groups is 1. The van der Waals surface area contributed by atoms with Gasteiger partial charge >= 0.3 is 0 Å². The Balaban J connectivity index is 1.87. The summed E-state index contributed by atoms with van der Waals surface area (Å²) in [6.45, 7) is 7.91. The third kappa shape index (κ3) is 3.76. The molecule has 3 N–H and O–H groups in total. The lowest BCUT2D eigenvalue weighted by Crippen LogP contribution is -2.49. The zero-order chi connectivity index (χ0) is 20.7. The molecule has 154 valence electrons. The molecule has 0 aliphatic heterocycles. The van der Waals surface area contributed by atoms with Crippen LogP contribution in [0, 0.1) is 17.3 Å². The Morgan fingerprint density at radius 1 is 1.25 bits per heavy atom. The topological polar surface area (TPSA) is 87.0 Å². The van der Waals surface area contributed by atoms with Crippen LogP contribution in [0.5, 0.6) is 5.75 Å². The first kappa shape index (κ1) is 21.0. The number of ether oxygens (including phenoxy) is 1. The van der Waals surface area contributed by atoms with Gasteiger partial charge in [0, 0.05) is 11.5 Å². The number of benzene rings is 1. The molecule has 0 aromatic heterocycles. The molecule has 0 heterocycles. The molecule has 1 saturated carbocycles. The Kier molecular flexibility index (Phi) is 5.72. The molecule has 5 atom stereocenters. The van der Waals surface area contributed by atoms with Crippen LogP contribution in [0.3, 0.4) is 0 Å². The fraction of sp³-hybridized carbons (Fsp3) is 0.609. The van der Waals surface area contributed by atoms with Crippen molar-refractivity contribution in [2.24, 2.45) is 17.3 Å². The van der Waals surface area contributed by atoms with Crippen LogP contribution in [-0.2, 0) is 4.74 Å². The van der Waals surface area contributed by atoms with Crippen molar-refractivity contribution in [1.82, 2.24) is 0 Å². The summed E-state index contributed by atoms with van der Waals surface area (Å²) in [5.41, 5.74) is 0.130. The minimum absolute atomic E-state index is 0.0437. The number of ketones is 1. The fourth-order valence-electron chi connectivity index (χ4n) is 5.07. The van der Waals surface area contributed by atoms with Gasteiger partial charge in [-0.2, -0.15) is 0 Å². The highest BCUT2D eigenvalue weighted by atomic mass is 16.5. The van der Waals surface area contributed by atoms with Crippen molar-refractivity contribution in [3.63, 3.8) is 0 Å². The normalized spacial score (nSPS) is 35.4. The summed E-state index contributed by atoms with van der Waals surface area (Å²) in [6, 6.07) is 6.10. The van der Waals surface area contributed by atoms with E-state index in [1.54, 1.807) is 12.1 Å². The number of fused-ring (bicyclic) bond motifs is 1. The summed E-state index contributed by atoms with van der Waals surface area (Å²) >= 11 is 0. The van der Waals surface area contributed by atoms with E-state index in [2.05, 4.69) is 6.92 Å².